The minimum Gasteiger partial charge on any atom is -0.480 e. The van der Waals surface area contributed by atoms with E-state index in [-0.39, 0.29) is 204 Å². The number of isothiocyanates is 1. The van der Waals surface area contributed by atoms with Gasteiger partial charge in [-0.2, -0.15) is 28.5 Å². The van der Waals surface area contributed by atoms with Crippen molar-refractivity contribution in [2.24, 2.45) is 28.7 Å². The molecule has 0 saturated carbocycles. The molecule has 6 rings (SSSR count). The van der Waals surface area contributed by atoms with Gasteiger partial charge in [0, 0.05) is 185 Å². The van der Waals surface area contributed by atoms with Gasteiger partial charge in [-0.1, -0.05) is 126 Å². The van der Waals surface area contributed by atoms with Crippen LogP contribution < -0.4 is 47.9 Å². The van der Waals surface area contributed by atoms with Gasteiger partial charge in [0.2, 0.25) is 23.6 Å². The zero-order valence-electron chi connectivity index (χ0n) is 81.8. The number of nitrogens with one attached hydrogen (secondary N) is 9. The number of anilines is 3. The van der Waals surface area contributed by atoms with E-state index in [2.05, 4.69) is 70.2 Å². The number of benzene rings is 4. The van der Waals surface area contributed by atoms with Gasteiger partial charge in [-0.25, -0.2) is 9.59 Å². The van der Waals surface area contributed by atoms with Gasteiger partial charge in [0.15, 0.2) is 11.6 Å². The SMILES string of the molecule is CC[C@H](C)[C@H](CC(=O)[C@H](CCSC)NC(=O)Nc1ccc(CNC(=O)CN2CCN(CC(=O)O)CCN(CC(=O)O)CCN(CC(=O)O)CC2)cc1)C(=O)NCCCC(=S)Cc1ccc(N=C=S)cc1.CC[C@H](C)[C@H](CC(=O)[C@H](CCSC)NC(=O)Nc1ccc(CNC(=O)CN2CCN(CC(=O)O)CCN(CC(=O)O)CCN(CC(=O)O)CC2)cc1)C(=O)NCCCC(=S)Cc1ccc(NC(C)=S)cc1. The number of amides is 8. The number of aliphatic carboxylic acids is 6. The first-order chi connectivity index (χ1) is 67.3. The monoisotopic (exact) mass is 2070 g/mol. The topological polar surface area (TPSA) is 507 Å². The number of carboxylic acid groups (broad SMARTS) is 6. The summed E-state index contributed by atoms with van der Waals surface area (Å²) < 4.78 is 0. The molecule has 0 bridgehead atoms. The molecule has 4 aromatic carbocycles. The van der Waals surface area contributed by atoms with Crippen molar-refractivity contribution in [2.45, 2.75) is 137 Å². The fraction of sp³-hybridized carbons (Fsp3) is 0.567. The first kappa shape index (κ1) is 121. The number of carbonyl (C=O) groups is 14. The fourth-order valence-electron chi connectivity index (χ4n) is 15.6. The smallest absolute Gasteiger partial charge is 0.319 e. The largest absolute Gasteiger partial charge is 0.480 e. The molecule has 2 heterocycles. The van der Waals surface area contributed by atoms with Gasteiger partial charge in [0.25, 0.3) is 0 Å². The Labute approximate surface area is 856 Å². The van der Waals surface area contributed by atoms with Crippen molar-refractivity contribution in [1.82, 2.24) is 71.1 Å². The molecule has 2 fully saturated rings. The van der Waals surface area contributed by atoms with Crippen LogP contribution >= 0.6 is 72.4 Å². The molecule has 6 atom stereocenters. The molecule has 141 heavy (non-hydrogen) atoms. The lowest BCUT2D eigenvalue weighted by Crippen LogP contribution is -2.49. The van der Waals surface area contributed by atoms with Crippen molar-refractivity contribution in [3.8, 4) is 0 Å². The van der Waals surface area contributed by atoms with Gasteiger partial charge in [-0.05, 0) is 174 Å². The molecule has 44 heteroatoms. The number of thiocarbonyl (C=S) groups is 4. The number of hydrogen-bond acceptors (Lipinski definition) is 29. The predicted molar refractivity (Wildman–Crippen MR) is 563 cm³/mol. The fourth-order valence-corrected chi connectivity index (χ4v) is 17.4. The first-order valence-electron chi connectivity index (χ1n) is 47.4. The van der Waals surface area contributed by atoms with Crippen LogP contribution in [0.25, 0.3) is 0 Å². The second-order valence-electron chi connectivity index (χ2n) is 35.2. The Morgan fingerprint density at radius 1 is 0.390 bits per heavy atom. The van der Waals surface area contributed by atoms with Gasteiger partial charge in [-0.3, -0.25) is 96.7 Å². The summed E-state index contributed by atoms with van der Waals surface area (Å²) in [5, 5.41) is 85.3. The molecular formula is C97H142N18O20S6. The number of thioether (sulfide) groups is 2. The van der Waals surface area contributed by atoms with Crippen molar-refractivity contribution in [1.29, 1.82) is 0 Å². The van der Waals surface area contributed by atoms with Crippen LogP contribution in [0.1, 0.15) is 121 Å². The molecule has 38 nitrogen and oxygen atoms in total. The number of urea groups is 2. The van der Waals surface area contributed by atoms with E-state index in [0.717, 1.165) is 43.4 Å². The summed E-state index contributed by atoms with van der Waals surface area (Å²) in [6.07, 6.45) is 9.84. The summed E-state index contributed by atoms with van der Waals surface area (Å²) in [6, 6.07) is 26.4. The Kier molecular flexibility index (Phi) is 58.5. The van der Waals surface area contributed by atoms with Crippen molar-refractivity contribution >= 4 is 198 Å². The second-order valence-corrected chi connectivity index (χ2v) is 39.1. The molecule has 0 radical (unpaired) electrons. The highest BCUT2D eigenvalue weighted by Crippen LogP contribution is 2.26. The van der Waals surface area contributed by atoms with Crippen molar-refractivity contribution in [2.75, 3.05) is 210 Å². The summed E-state index contributed by atoms with van der Waals surface area (Å²) >= 11 is 24.1. The van der Waals surface area contributed by atoms with E-state index in [0.29, 0.717) is 131 Å². The minimum absolute atomic E-state index is 0.0221. The average Bonchev–Trinajstić information content (AvgIpc) is 0.865. The lowest BCUT2D eigenvalue weighted by atomic mass is 9.85. The maximum absolute atomic E-state index is 13.8. The van der Waals surface area contributed by atoms with Gasteiger partial charge >= 0.3 is 47.9 Å². The molecule has 0 unspecified atom stereocenters. The third-order valence-electron chi connectivity index (χ3n) is 24.0. The molecule has 0 spiro atoms. The number of hydrogen-bond donors (Lipinski definition) is 15. The Morgan fingerprint density at radius 3 is 0.922 bits per heavy atom. The standard InChI is InChI=1S/C49H73N9O10S3.C48H69N9O10S3/c1-5-34(2)41(48(67)50-17-6-7-40(70)27-36-8-12-38(13-9-36)52-35(3)69)28-43(59)42(16-26-71-4)54-49(68)53-39-14-10-37(11-15-39)29-51-44(60)30-55-18-20-56(31-45(61)62)22-24-58(33-47(65)66)25-23-57(21-19-55)32-46(63)64;1-4-34(2)40(47(66)49-16-5-6-39(69)26-35-7-11-37(12-8-35)51-33-68)27-42(58)41(15-25-70-3)53-48(67)52-38-13-9-36(10-14-38)28-50-43(59)29-54-17-19-55(30-44(60)61)21-23-57(32-46(64)65)24-22-56(20-18-54)31-45(62)63/h8-15,34,41-42H,5-7,16-33H2,1-4H3,(H,50,67)(H,51,60)(H,52,69)(H,61,62)(H,63,64)(H,65,66)(H2,53,54,68);7-14,34,40-41H,4-6,15-32H2,1-3H3,(H,49,66)(H,50,59)(H,60,61)(H,62,63)(H,64,65)(H2,52,53,67)/t34-,41-,42-;34-,40-,41-/m00/s1. The molecule has 8 amide bonds. The van der Waals surface area contributed by atoms with Crippen LogP contribution in [0.2, 0.25) is 0 Å². The molecule has 2 aliphatic heterocycles. The van der Waals surface area contributed by atoms with Crippen LogP contribution in [0.4, 0.5) is 32.3 Å². The van der Waals surface area contributed by atoms with E-state index in [1.54, 1.807) is 101 Å². The molecule has 0 aromatic heterocycles. The Balaban J connectivity index is 0.000000497. The molecule has 15 N–H and O–H groups in total. The number of aliphatic imine (C=N–C) groups is 1. The van der Waals surface area contributed by atoms with Crippen LogP contribution in [0.3, 0.4) is 0 Å². The van der Waals surface area contributed by atoms with Crippen LogP contribution in [0.5, 0.6) is 0 Å². The Hall–Kier alpha value is -10.3. The van der Waals surface area contributed by atoms with Crippen LogP contribution in [0.15, 0.2) is 102 Å². The average molecular weight is 2070 g/mol. The Morgan fingerprint density at radius 2 is 0.660 bits per heavy atom. The van der Waals surface area contributed by atoms with Gasteiger partial charge in [0.1, 0.15) is 0 Å². The summed E-state index contributed by atoms with van der Waals surface area (Å²) in [7, 11) is 0. The normalized spacial score (nSPS) is 15.7. The van der Waals surface area contributed by atoms with E-state index in [1.807, 2.05) is 105 Å². The van der Waals surface area contributed by atoms with E-state index in [9.17, 15) is 97.8 Å². The van der Waals surface area contributed by atoms with E-state index in [4.69, 9.17) is 36.7 Å². The lowest BCUT2D eigenvalue weighted by molar-refractivity contribution is -0.140. The number of rotatable bonds is 56. The zero-order valence-corrected chi connectivity index (χ0v) is 86.7. The summed E-state index contributed by atoms with van der Waals surface area (Å²) in [5.41, 5.74) is 6.19. The van der Waals surface area contributed by atoms with Crippen LogP contribution in [-0.2, 0) is 83.5 Å². The number of ketones is 2. The Bertz CT molecular complexity index is 4700. The summed E-state index contributed by atoms with van der Waals surface area (Å²) in [4.78, 5) is 197. The maximum atomic E-state index is 13.8. The van der Waals surface area contributed by atoms with Crippen LogP contribution in [-0.4, -0.2) is 379 Å². The summed E-state index contributed by atoms with van der Waals surface area (Å²) in [5.74, 6) is -7.77. The molecule has 4 aromatic rings. The predicted octanol–water partition coefficient (Wildman–Crippen LogP) is 7.80. The van der Waals surface area contributed by atoms with E-state index >= 15 is 0 Å². The molecule has 2 saturated heterocycles. The molecule has 0 aliphatic carbocycles. The third-order valence-corrected chi connectivity index (χ3v) is 26.2. The van der Waals surface area contributed by atoms with Crippen molar-refractivity contribution < 1.29 is 97.8 Å². The van der Waals surface area contributed by atoms with Crippen molar-refractivity contribution in [3.05, 3.63) is 119 Å². The number of carbonyl (C=O) groups excluding carboxylic acids is 8. The summed E-state index contributed by atoms with van der Waals surface area (Å²) in [6.45, 7) is 13.7. The lowest BCUT2D eigenvalue weighted by Gasteiger charge is -2.32. The van der Waals surface area contributed by atoms with Crippen LogP contribution in [0, 0.1) is 23.7 Å². The van der Waals surface area contributed by atoms with Gasteiger partial charge in [-0.15, -0.1) is 0 Å². The van der Waals surface area contributed by atoms with Gasteiger partial charge < -0.3 is 78.5 Å². The van der Waals surface area contributed by atoms with E-state index < -0.39 is 71.8 Å². The highest BCUT2D eigenvalue weighted by atomic mass is 32.2. The first-order valence-corrected chi connectivity index (χ1v) is 51.8. The minimum atomic E-state index is -1.04. The number of carboxylic acids is 6. The van der Waals surface area contributed by atoms with Gasteiger partial charge in [0.05, 0.1) is 80.3 Å². The number of Topliss-reactive ketones (excluding diaryl/α,β-unsaturated/α-hetero) is 2. The van der Waals surface area contributed by atoms with E-state index in [1.165, 1.54) is 0 Å². The highest BCUT2D eigenvalue weighted by Gasteiger charge is 2.34. The highest BCUT2D eigenvalue weighted by molar-refractivity contribution is 7.98. The maximum Gasteiger partial charge on any atom is 0.319 e. The molecular weight excluding hydrogens is 1930 g/mol. The molecule has 2 aliphatic rings. The number of nitrogens with zero attached hydrogens (tertiary/aromatic N) is 9. The third kappa shape index (κ3) is 52.5. The zero-order chi connectivity index (χ0) is 104. The quantitative estimate of drug-likeness (QED) is 0.0114. The van der Waals surface area contributed by atoms with Crippen molar-refractivity contribution in [3.63, 3.8) is 0 Å². The molecule has 776 valence electrons. The second kappa shape index (κ2) is 68.0.